The van der Waals surface area contributed by atoms with Crippen molar-refractivity contribution in [3.8, 4) is 5.69 Å². The summed E-state index contributed by atoms with van der Waals surface area (Å²) in [6, 6.07) is 10.7. The number of aromatic nitrogens is 3. The van der Waals surface area contributed by atoms with Crippen molar-refractivity contribution in [2.24, 2.45) is 0 Å². The van der Waals surface area contributed by atoms with Gasteiger partial charge < -0.3 is 5.32 Å². The molecule has 0 fully saturated rings. The Labute approximate surface area is 194 Å². The quantitative estimate of drug-likeness (QED) is 0.426. The lowest BCUT2D eigenvalue weighted by atomic mass is 10.2. The van der Waals surface area contributed by atoms with E-state index < -0.39 is 29.5 Å². The van der Waals surface area contributed by atoms with Gasteiger partial charge in [0.1, 0.15) is 17.1 Å². The van der Waals surface area contributed by atoms with Gasteiger partial charge in [0.15, 0.2) is 9.99 Å². The Kier molecular flexibility index (Phi) is 6.18. The average Bonchev–Trinajstić information content (AvgIpc) is 3.19. The van der Waals surface area contributed by atoms with Crippen molar-refractivity contribution in [1.82, 2.24) is 14.1 Å². The second kappa shape index (κ2) is 8.89. The molecule has 0 radical (unpaired) electrons. The van der Waals surface area contributed by atoms with Gasteiger partial charge in [0.2, 0.25) is 5.91 Å². The van der Waals surface area contributed by atoms with Gasteiger partial charge in [-0.25, -0.2) is 18.7 Å². The number of benzene rings is 2. The van der Waals surface area contributed by atoms with Crippen molar-refractivity contribution in [3.63, 3.8) is 0 Å². The Bertz CT molecular complexity index is 1460. The van der Waals surface area contributed by atoms with Crippen LogP contribution in [-0.4, -0.2) is 26.3 Å². The van der Waals surface area contributed by atoms with Gasteiger partial charge in [-0.2, -0.15) is 0 Å². The number of amides is 1. The molecule has 0 spiro atoms. The number of halogens is 2. The molecule has 0 bridgehead atoms. The lowest BCUT2D eigenvalue weighted by molar-refractivity contribution is -0.116. The number of hydrogen-bond donors (Lipinski definition) is 1. The monoisotopic (exact) mass is 490 g/mol. The zero-order chi connectivity index (χ0) is 23.0. The molecule has 2 aromatic heterocycles. The Balaban J connectivity index is 1.83. The van der Waals surface area contributed by atoms with Gasteiger partial charge in [0.05, 0.1) is 11.4 Å². The number of carbonyl (C=O) groups excluding carboxylic acids is 1. The first kappa shape index (κ1) is 22.3. The molecule has 0 saturated carbocycles. The number of carbonyl (C=O) groups is 1. The van der Waals surface area contributed by atoms with Crippen molar-refractivity contribution in [1.29, 1.82) is 0 Å². The second-order valence-corrected chi connectivity index (χ2v) is 9.34. The molecule has 0 aliphatic rings. The molecule has 0 atom stereocenters. The molecule has 11 heteroatoms. The first-order valence-electron chi connectivity index (χ1n) is 9.31. The van der Waals surface area contributed by atoms with Crippen molar-refractivity contribution in [2.75, 3.05) is 11.6 Å². The van der Waals surface area contributed by atoms with E-state index in [1.165, 1.54) is 23.9 Å². The molecule has 4 aromatic rings. The van der Waals surface area contributed by atoms with E-state index >= 15 is 0 Å². The van der Waals surface area contributed by atoms with E-state index in [1.54, 1.807) is 30.5 Å². The molecule has 0 saturated heterocycles. The number of rotatable bonds is 5. The fraction of sp³-hybridized carbons (Fsp3) is 0.143. The number of aryl methyl sites for hydroxylation is 1. The van der Waals surface area contributed by atoms with E-state index in [4.69, 9.17) is 11.6 Å². The predicted molar refractivity (Wildman–Crippen MR) is 126 cm³/mol. The van der Waals surface area contributed by atoms with Gasteiger partial charge >= 0.3 is 5.69 Å². The van der Waals surface area contributed by atoms with E-state index in [0.717, 1.165) is 32.1 Å². The molecule has 2 heterocycles. The summed E-state index contributed by atoms with van der Waals surface area (Å²) in [6.45, 7) is 1.43. The maximum absolute atomic E-state index is 14.1. The number of fused-ring (bicyclic) bond motifs is 1. The Morgan fingerprint density at radius 3 is 2.59 bits per heavy atom. The summed E-state index contributed by atoms with van der Waals surface area (Å²) in [5.41, 5.74) is 0.172. The molecule has 1 amide bonds. The number of thioether (sulfide) groups is 1. The van der Waals surface area contributed by atoms with E-state index in [2.05, 4.69) is 10.3 Å². The highest BCUT2D eigenvalue weighted by molar-refractivity contribution is 8.00. The summed E-state index contributed by atoms with van der Waals surface area (Å²) in [5.74, 6) is -1.35. The molecule has 7 nitrogen and oxygen atoms in total. The first-order valence-corrected chi connectivity index (χ1v) is 11.7. The minimum absolute atomic E-state index is 0.0707. The predicted octanol–water partition coefficient (Wildman–Crippen LogP) is 4.07. The third-order valence-corrected chi connectivity index (χ3v) is 6.89. The zero-order valence-electron chi connectivity index (χ0n) is 16.9. The Morgan fingerprint density at radius 2 is 1.94 bits per heavy atom. The van der Waals surface area contributed by atoms with Gasteiger partial charge in [-0.3, -0.25) is 14.2 Å². The van der Waals surface area contributed by atoms with Crippen LogP contribution in [0.1, 0.15) is 5.56 Å². The van der Waals surface area contributed by atoms with Crippen LogP contribution in [0, 0.1) is 12.7 Å². The zero-order valence-corrected chi connectivity index (χ0v) is 19.3. The van der Waals surface area contributed by atoms with Crippen LogP contribution in [0.3, 0.4) is 0 Å². The van der Waals surface area contributed by atoms with Gasteiger partial charge in [0, 0.05) is 5.02 Å². The molecule has 1 N–H and O–H groups in total. The van der Waals surface area contributed by atoms with Crippen molar-refractivity contribution < 1.29 is 9.18 Å². The molecule has 164 valence electrons. The topological polar surface area (TPSA) is 86.0 Å². The highest BCUT2D eigenvalue weighted by atomic mass is 35.5. The molecule has 4 rings (SSSR count). The summed E-state index contributed by atoms with van der Waals surface area (Å²) in [4.78, 5) is 43.4. The highest BCUT2D eigenvalue weighted by Crippen LogP contribution is 2.25. The molecule has 0 unspecified atom stereocenters. The second-order valence-electron chi connectivity index (χ2n) is 6.85. The van der Waals surface area contributed by atoms with Crippen molar-refractivity contribution in [3.05, 3.63) is 79.7 Å². The highest BCUT2D eigenvalue weighted by Gasteiger charge is 2.21. The summed E-state index contributed by atoms with van der Waals surface area (Å²) >= 11 is 8.22. The van der Waals surface area contributed by atoms with E-state index in [1.807, 2.05) is 6.92 Å². The van der Waals surface area contributed by atoms with E-state index in [9.17, 15) is 18.8 Å². The summed E-state index contributed by atoms with van der Waals surface area (Å²) in [5, 5.41) is 2.62. The Morgan fingerprint density at radius 1 is 1.22 bits per heavy atom. The fourth-order valence-electron chi connectivity index (χ4n) is 3.09. The molecule has 2 aromatic carbocycles. The molecule has 0 aliphatic carbocycles. The van der Waals surface area contributed by atoms with Gasteiger partial charge in [-0.1, -0.05) is 41.1 Å². The number of nitrogens with one attached hydrogen (secondary N) is 1. The molecule has 32 heavy (non-hydrogen) atoms. The number of thiazole rings is 1. The number of anilines is 1. The first-order chi connectivity index (χ1) is 15.3. The molecular formula is C21H16ClFN4O3S2. The van der Waals surface area contributed by atoms with E-state index in [-0.39, 0.29) is 21.1 Å². The minimum Gasteiger partial charge on any atom is -0.322 e. The van der Waals surface area contributed by atoms with Gasteiger partial charge in [-0.05, 0) is 43.5 Å². The SMILES string of the molecule is CSc1nc2c(s1)c(=O)n(-c1ccc(C)cc1)c(=O)n2CC(=O)Nc1ccc(Cl)cc1F. The van der Waals surface area contributed by atoms with Crippen LogP contribution >= 0.6 is 34.7 Å². The largest absolute Gasteiger partial charge is 0.337 e. The average molecular weight is 491 g/mol. The van der Waals surface area contributed by atoms with Crippen molar-refractivity contribution in [2.45, 2.75) is 17.8 Å². The van der Waals surface area contributed by atoms with Crippen LogP contribution in [0.15, 0.2) is 56.4 Å². The normalized spacial score (nSPS) is 11.1. The summed E-state index contributed by atoms with van der Waals surface area (Å²) in [7, 11) is 0. The van der Waals surface area contributed by atoms with Crippen LogP contribution < -0.4 is 16.6 Å². The summed E-state index contributed by atoms with van der Waals surface area (Å²) in [6.07, 6.45) is 1.80. The lowest BCUT2D eigenvalue weighted by Gasteiger charge is -2.12. The summed E-state index contributed by atoms with van der Waals surface area (Å²) < 4.78 is 17.0. The number of hydrogen-bond acceptors (Lipinski definition) is 6. The third kappa shape index (κ3) is 4.21. The molecule has 0 aliphatic heterocycles. The van der Waals surface area contributed by atoms with Crippen LogP contribution in [0.2, 0.25) is 5.02 Å². The fourth-order valence-corrected chi connectivity index (χ4v) is 4.74. The standard InChI is InChI=1S/C21H16ClFN4O3S2/c1-11-3-6-13(7-4-11)27-19(29)17-18(25-20(31-2)32-17)26(21(27)30)10-16(28)24-15-8-5-12(22)9-14(15)23/h3-9H,10H2,1-2H3,(H,24,28). The maximum Gasteiger partial charge on any atom is 0.337 e. The van der Waals surface area contributed by atoms with Crippen molar-refractivity contribution >= 4 is 56.6 Å². The minimum atomic E-state index is -0.712. The smallest absolute Gasteiger partial charge is 0.322 e. The molecular weight excluding hydrogens is 475 g/mol. The van der Waals surface area contributed by atoms with E-state index in [0.29, 0.717) is 10.0 Å². The van der Waals surface area contributed by atoms with Crippen LogP contribution in [0.25, 0.3) is 16.0 Å². The van der Waals surface area contributed by atoms with Gasteiger partial charge in [-0.15, -0.1) is 11.3 Å². The number of nitrogens with zero attached hydrogens (tertiary/aromatic N) is 3. The van der Waals surface area contributed by atoms with Crippen LogP contribution in [0.5, 0.6) is 0 Å². The van der Waals surface area contributed by atoms with Crippen LogP contribution in [-0.2, 0) is 11.3 Å². The maximum atomic E-state index is 14.1. The lowest BCUT2D eigenvalue weighted by Crippen LogP contribution is -2.40. The van der Waals surface area contributed by atoms with Crippen LogP contribution in [0.4, 0.5) is 10.1 Å². The third-order valence-electron chi connectivity index (χ3n) is 4.64. The Hall–Kier alpha value is -2.95. The van der Waals surface area contributed by atoms with Gasteiger partial charge in [0.25, 0.3) is 5.56 Å².